The van der Waals surface area contributed by atoms with Crippen LogP contribution in [0.4, 0.5) is 0 Å². The molecule has 2 heterocycles. The molecule has 1 amide bonds. The zero-order chi connectivity index (χ0) is 18.5. The first-order valence-corrected chi connectivity index (χ1v) is 8.59. The molecule has 0 fully saturated rings. The molecule has 1 N–H and O–H groups in total. The van der Waals surface area contributed by atoms with Crippen LogP contribution >= 0.6 is 0 Å². The van der Waals surface area contributed by atoms with Gasteiger partial charge in [0, 0.05) is 31.2 Å². The first-order valence-electron chi connectivity index (χ1n) is 8.59. The second-order valence-electron chi connectivity index (χ2n) is 6.06. The fourth-order valence-corrected chi connectivity index (χ4v) is 2.77. The standard InChI is InChI=1S/C19H22N4O3/c1-4-13-5-6-16-14(10-13)15(9-12(2)21-16)19(24)20-8-7-18-22-17(11-25-3)23-26-18/h5-6,9-10H,4,7-8,11H2,1-3H3,(H,20,24). The summed E-state index contributed by atoms with van der Waals surface area (Å²) in [4.78, 5) is 21.4. The van der Waals surface area contributed by atoms with Crippen LogP contribution in [-0.4, -0.2) is 34.7 Å². The van der Waals surface area contributed by atoms with Crippen LogP contribution in [0.3, 0.4) is 0 Å². The van der Waals surface area contributed by atoms with E-state index in [-0.39, 0.29) is 5.91 Å². The SMILES string of the molecule is CCc1ccc2nc(C)cc(C(=O)NCCc3nc(COC)no3)c2c1. The molecule has 0 atom stereocenters. The van der Waals surface area contributed by atoms with Crippen molar-refractivity contribution in [3.8, 4) is 0 Å². The largest absolute Gasteiger partial charge is 0.377 e. The number of carbonyl (C=O) groups is 1. The lowest BCUT2D eigenvalue weighted by molar-refractivity contribution is 0.0955. The van der Waals surface area contributed by atoms with Gasteiger partial charge in [0.15, 0.2) is 5.82 Å². The van der Waals surface area contributed by atoms with Gasteiger partial charge in [-0.3, -0.25) is 9.78 Å². The van der Waals surface area contributed by atoms with Crippen LogP contribution in [0.15, 0.2) is 28.8 Å². The molecule has 26 heavy (non-hydrogen) atoms. The number of hydrogen-bond acceptors (Lipinski definition) is 6. The predicted octanol–water partition coefficient (Wildman–Crippen LogP) is 2.61. The maximum absolute atomic E-state index is 12.7. The molecule has 0 radical (unpaired) electrons. The Morgan fingerprint density at radius 2 is 2.12 bits per heavy atom. The molecule has 0 saturated heterocycles. The number of rotatable bonds is 7. The number of aromatic nitrogens is 3. The van der Waals surface area contributed by atoms with Crippen LogP contribution in [0.25, 0.3) is 10.9 Å². The van der Waals surface area contributed by atoms with E-state index >= 15 is 0 Å². The van der Waals surface area contributed by atoms with Gasteiger partial charge in [0.25, 0.3) is 5.91 Å². The molecule has 0 saturated carbocycles. The minimum atomic E-state index is -0.134. The summed E-state index contributed by atoms with van der Waals surface area (Å²) in [7, 11) is 1.57. The van der Waals surface area contributed by atoms with Gasteiger partial charge < -0.3 is 14.6 Å². The van der Waals surface area contributed by atoms with Gasteiger partial charge in [-0.05, 0) is 37.1 Å². The van der Waals surface area contributed by atoms with Gasteiger partial charge in [0.05, 0.1) is 11.1 Å². The quantitative estimate of drug-likeness (QED) is 0.701. The number of pyridine rings is 1. The number of nitrogens with zero attached hydrogens (tertiary/aromatic N) is 3. The molecule has 1 aromatic carbocycles. The number of ether oxygens (including phenoxy) is 1. The van der Waals surface area contributed by atoms with E-state index < -0.39 is 0 Å². The molecule has 136 valence electrons. The molecule has 7 heteroatoms. The Bertz CT molecular complexity index is 920. The normalized spacial score (nSPS) is 11.0. The number of hydrogen-bond donors (Lipinski definition) is 1. The zero-order valence-corrected chi connectivity index (χ0v) is 15.2. The lowest BCUT2D eigenvalue weighted by Crippen LogP contribution is -2.26. The molecular formula is C19H22N4O3. The van der Waals surface area contributed by atoms with Crippen LogP contribution in [0.2, 0.25) is 0 Å². The third kappa shape index (κ3) is 4.05. The Morgan fingerprint density at radius 1 is 1.27 bits per heavy atom. The highest BCUT2D eigenvalue weighted by Crippen LogP contribution is 2.20. The first-order chi connectivity index (χ1) is 12.6. The maximum Gasteiger partial charge on any atom is 0.252 e. The van der Waals surface area contributed by atoms with E-state index in [1.807, 2.05) is 31.2 Å². The summed E-state index contributed by atoms with van der Waals surface area (Å²) in [5.41, 5.74) is 3.45. The topological polar surface area (TPSA) is 90.1 Å². The van der Waals surface area contributed by atoms with E-state index in [1.54, 1.807) is 7.11 Å². The third-order valence-corrected chi connectivity index (χ3v) is 4.06. The Kier molecular flexibility index (Phi) is 5.58. The van der Waals surface area contributed by atoms with Crippen molar-refractivity contribution in [3.63, 3.8) is 0 Å². The first kappa shape index (κ1) is 18.0. The average Bonchev–Trinajstić information content (AvgIpc) is 3.08. The number of amides is 1. The molecule has 0 aliphatic carbocycles. The number of fused-ring (bicyclic) bond motifs is 1. The van der Waals surface area contributed by atoms with Crippen molar-refractivity contribution >= 4 is 16.8 Å². The van der Waals surface area contributed by atoms with E-state index in [2.05, 4.69) is 27.4 Å². The Balaban J connectivity index is 1.72. The van der Waals surface area contributed by atoms with Crippen LogP contribution in [0.5, 0.6) is 0 Å². The van der Waals surface area contributed by atoms with Gasteiger partial charge in [0.1, 0.15) is 6.61 Å². The van der Waals surface area contributed by atoms with Gasteiger partial charge in [0.2, 0.25) is 5.89 Å². The van der Waals surface area contributed by atoms with E-state index in [9.17, 15) is 4.79 Å². The highest BCUT2D eigenvalue weighted by molar-refractivity contribution is 6.06. The highest BCUT2D eigenvalue weighted by atomic mass is 16.5. The summed E-state index contributed by atoms with van der Waals surface area (Å²) < 4.78 is 10.1. The van der Waals surface area contributed by atoms with Crippen LogP contribution in [0, 0.1) is 6.92 Å². The molecular weight excluding hydrogens is 332 g/mol. The highest BCUT2D eigenvalue weighted by Gasteiger charge is 2.13. The van der Waals surface area contributed by atoms with Gasteiger partial charge >= 0.3 is 0 Å². The second-order valence-corrected chi connectivity index (χ2v) is 6.06. The van der Waals surface area contributed by atoms with Gasteiger partial charge in [-0.2, -0.15) is 4.98 Å². The molecule has 3 rings (SSSR count). The minimum absolute atomic E-state index is 0.134. The van der Waals surface area contributed by atoms with Gasteiger partial charge in [-0.1, -0.05) is 18.1 Å². The summed E-state index contributed by atoms with van der Waals surface area (Å²) in [5.74, 6) is 0.837. The predicted molar refractivity (Wildman–Crippen MR) is 96.9 cm³/mol. The number of methoxy groups -OCH3 is 1. The van der Waals surface area contributed by atoms with Crippen LogP contribution in [0.1, 0.15) is 40.3 Å². The number of nitrogens with one attached hydrogen (secondary N) is 1. The number of benzene rings is 1. The lowest BCUT2D eigenvalue weighted by Gasteiger charge is -2.09. The molecule has 0 aliphatic rings. The van der Waals surface area contributed by atoms with E-state index in [4.69, 9.17) is 9.26 Å². The summed E-state index contributed by atoms with van der Waals surface area (Å²) in [5, 5.41) is 7.59. The Morgan fingerprint density at radius 3 is 2.88 bits per heavy atom. The number of aryl methyl sites for hydroxylation is 2. The maximum atomic E-state index is 12.7. The van der Waals surface area contributed by atoms with Crippen molar-refractivity contribution in [1.29, 1.82) is 0 Å². The molecule has 0 bridgehead atoms. The average molecular weight is 354 g/mol. The summed E-state index contributed by atoms with van der Waals surface area (Å²) >= 11 is 0. The van der Waals surface area contributed by atoms with Crippen molar-refractivity contribution in [2.24, 2.45) is 0 Å². The summed E-state index contributed by atoms with van der Waals surface area (Å²) in [6, 6.07) is 7.86. The van der Waals surface area contributed by atoms with Crippen molar-refractivity contribution in [1.82, 2.24) is 20.4 Å². The van der Waals surface area contributed by atoms with E-state index in [1.165, 1.54) is 5.56 Å². The van der Waals surface area contributed by atoms with Crippen molar-refractivity contribution in [2.45, 2.75) is 33.3 Å². The zero-order valence-electron chi connectivity index (χ0n) is 15.2. The lowest BCUT2D eigenvalue weighted by atomic mass is 10.0. The molecule has 2 aromatic heterocycles. The molecule has 3 aromatic rings. The number of carbonyl (C=O) groups excluding carboxylic acids is 1. The monoisotopic (exact) mass is 354 g/mol. The second kappa shape index (κ2) is 8.05. The van der Waals surface area contributed by atoms with Gasteiger partial charge in [-0.25, -0.2) is 0 Å². The molecule has 0 spiro atoms. The Labute approximate surface area is 151 Å². The molecule has 0 unspecified atom stereocenters. The van der Waals surface area contributed by atoms with Crippen molar-refractivity contribution in [2.75, 3.05) is 13.7 Å². The molecule has 0 aliphatic heterocycles. The fourth-order valence-electron chi connectivity index (χ4n) is 2.77. The Hall–Kier alpha value is -2.80. The smallest absolute Gasteiger partial charge is 0.252 e. The van der Waals surface area contributed by atoms with Crippen molar-refractivity contribution < 1.29 is 14.1 Å². The van der Waals surface area contributed by atoms with Crippen molar-refractivity contribution in [3.05, 3.63) is 52.8 Å². The molecule has 7 nitrogen and oxygen atoms in total. The van der Waals surface area contributed by atoms with E-state index in [0.717, 1.165) is 23.0 Å². The summed E-state index contributed by atoms with van der Waals surface area (Å²) in [6.07, 6.45) is 1.37. The van der Waals surface area contributed by atoms with E-state index in [0.29, 0.717) is 36.9 Å². The summed E-state index contributed by atoms with van der Waals surface area (Å²) in [6.45, 7) is 4.69. The third-order valence-electron chi connectivity index (χ3n) is 4.06. The minimum Gasteiger partial charge on any atom is -0.377 e. The fraction of sp³-hybridized carbons (Fsp3) is 0.368. The van der Waals surface area contributed by atoms with Crippen LogP contribution in [-0.2, 0) is 24.2 Å². The van der Waals surface area contributed by atoms with Crippen LogP contribution < -0.4 is 5.32 Å². The van der Waals surface area contributed by atoms with Gasteiger partial charge in [-0.15, -0.1) is 0 Å².